The first-order chi connectivity index (χ1) is 12.2. The summed E-state index contributed by atoms with van der Waals surface area (Å²) in [5.74, 6) is 0.479. The average Bonchev–Trinajstić information content (AvgIpc) is 2.68. The smallest absolute Gasteiger partial charge is 0.262 e. The maximum atomic E-state index is 11.9. The van der Waals surface area contributed by atoms with Crippen LogP contribution >= 0.6 is 12.2 Å². The number of anilines is 1. The average molecular weight is 354 g/mol. The Hall–Kier alpha value is -2.40. The molecule has 1 amide bonds. The molecular weight excluding hydrogens is 332 g/mol. The van der Waals surface area contributed by atoms with Crippen molar-refractivity contribution < 1.29 is 9.53 Å². The Morgan fingerprint density at radius 2 is 1.68 bits per heavy atom. The van der Waals surface area contributed by atoms with Crippen molar-refractivity contribution in [2.24, 2.45) is 0 Å². The Balaban J connectivity index is 1.50. The van der Waals surface area contributed by atoms with E-state index in [4.69, 9.17) is 17.0 Å². The number of carbonyl (C=O) groups excluding carboxylic acids is 1. The molecule has 1 N–H and O–H groups in total. The van der Waals surface area contributed by atoms with Gasteiger partial charge in [0.1, 0.15) is 10.7 Å². The topological polar surface area (TPSA) is 41.6 Å². The lowest BCUT2D eigenvalue weighted by atomic mass is 10.1. The van der Waals surface area contributed by atoms with E-state index in [0.717, 1.165) is 29.3 Å². The summed E-state index contributed by atoms with van der Waals surface area (Å²) in [4.78, 5) is 15.1. The second-order valence-corrected chi connectivity index (χ2v) is 6.47. The molecule has 0 atom stereocenters. The van der Waals surface area contributed by atoms with Gasteiger partial charge in [0.2, 0.25) is 0 Å². The number of benzene rings is 2. The van der Waals surface area contributed by atoms with Crippen LogP contribution in [0.1, 0.15) is 24.8 Å². The summed E-state index contributed by atoms with van der Waals surface area (Å²) in [5, 5.41) is 2.79. The number of para-hydroxylation sites is 1. The number of likely N-dealkylation sites (tertiary alicyclic amines) is 1. The Labute approximate surface area is 153 Å². The van der Waals surface area contributed by atoms with Crippen LogP contribution in [0.4, 0.5) is 5.69 Å². The van der Waals surface area contributed by atoms with Gasteiger partial charge in [-0.1, -0.05) is 30.4 Å². The zero-order chi connectivity index (χ0) is 17.5. The number of hydrogen-bond acceptors (Lipinski definition) is 3. The molecular formula is C20H22N2O2S. The van der Waals surface area contributed by atoms with E-state index in [-0.39, 0.29) is 12.5 Å². The molecule has 1 saturated heterocycles. The second kappa shape index (κ2) is 8.62. The van der Waals surface area contributed by atoms with Gasteiger partial charge in [-0.05, 0) is 55.7 Å². The molecule has 0 radical (unpaired) electrons. The molecule has 0 aliphatic carbocycles. The molecule has 0 spiro atoms. The fourth-order valence-electron chi connectivity index (χ4n) is 2.84. The lowest BCUT2D eigenvalue weighted by Gasteiger charge is -2.29. The summed E-state index contributed by atoms with van der Waals surface area (Å²) in [6.07, 6.45) is 3.70. The highest BCUT2D eigenvalue weighted by molar-refractivity contribution is 7.80. The van der Waals surface area contributed by atoms with Crippen LogP contribution in [0.25, 0.3) is 0 Å². The highest BCUT2D eigenvalue weighted by atomic mass is 32.1. The van der Waals surface area contributed by atoms with E-state index >= 15 is 0 Å². The quantitative estimate of drug-likeness (QED) is 0.828. The SMILES string of the molecule is O=C(COc1ccc(C(=S)N2CCCCC2)cc1)Nc1ccccc1. The molecule has 5 heteroatoms. The molecule has 130 valence electrons. The van der Waals surface area contributed by atoms with Crippen molar-refractivity contribution >= 4 is 28.8 Å². The van der Waals surface area contributed by atoms with Gasteiger partial charge in [-0.15, -0.1) is 0 Å². The number of amides is 1. The lowest BCUT2D eigenvalue weighted by molar-refractivity contribution is -0.118. The summed E-state index contributed by atoms with van der Waals surface area (Å²) in [6.45, 7) is 2.05. The van der Waals surface area contributed by atoms with E-state index in [1.165, 1.54) is 19.3 Å². The molecule has 0 aromatic heterocycles. The minimum absolute atomic E-state index is 0.0230. The number of rotatable bonds is 5. The van der Waals surface area contributed by atoms with Crippen LogP contribution < -0.4 is 10.1 Å². The first-order valence-electron chi connectivity index (χ1n) is 8.59. The molecule has 1 aliphatic rings. The van der Waals surface area contributed by atoms with E-state index < -0.39 is 0 Å². The van der Waals surface area contributed by atoms with Crippen LogP contribution in [0.3, 0.4) is 0 Å². The van der Waals surface area contributed by atoms with Gasteiger partial charge in [0, 0.05) is 24.3 Å². The van der Waals surface area contributed by atoms with Gasteiger partial charge in [0.15, 0.2) is 6.61 Å². The molecule has 2 aromatic carbocycles. The van der Waals surface area contributed by atoms with E-state index in [9.17, 15) is 4.79 Å². The fraction of sp³-hybridized carbons (Fsp3) is 0.300. The summed E-state index contributed by atoms with van der Waals surface area (Å²) in [5.41, 5.74) is 1.79. The van der Waals surface area contributed by atoms with Crippen molar-refractivity contribution in [3.8, 4) is 5.75 Å². The molecule has 0 bridgehead atoms. The molecule has 25 heavy (non-hydrogen) atoms. The standard InChI is InChI=1S/C20H22N2O2S/c23-19(21-17-7-3-1-4-8-17)15-24-18-11-9-16(10-12-18)20(25)22-13-5-2-6-14-22/h1,3-4,7-12H,2,5-6,13-15H2,(H,21,23). The molecule has 1 heterocycles. The maximum absolute atomic E-state index is 11.9. The predicted octanol–water partition coefficient (Wildman–Crippen LogP) is 3.87. The highest BCUT2D eigenvalue weighted by Crippen LogP contribution is 2.17. The second-order valence-electron chi connectivity index (χ2n) is 6.08. The minimum Gasteiger partial charge on any atom is -0.484 e. The molecule has 2 aromatic rings. The van der Waals surface area contributed by atoms with Crippen molar-refractivity contribution in [1.29, 1.82) is 0 Å². The highest BCUT2D eigenvalue weighted by Gasteiger charge is 2.14. The van der Waals surface area contributed by atoms with Crippen LogP contribution in [0.5, 0.6) is 5.75 Å². The Morgan fingerprint density at radius 3 is 2.36 bits per heavy atom. The van der Waals surface area contributed by atoms with Gasteiger partial charge in [0.05, 0.1) is 0 Å². The molecule has 1 aliphatic heterocycles. The number of ether oxygens (including phenoxy) is 1. The number of carbonyl (C=O) groups is 1. The van der Waals surface area contributed by atoms with E-state index in [0.29, 0.717) is 5.75 Å². The number of thiocarbonyl (C=S) groups is 1. The normalized spacial score (nSPS) is 14.0. The number of nitrogens with one attached hydrogen (secondary N) is 1. The third-order valence-corrected chi connectivity index (χ3v) is 4.67. The van der Waals surface area contributed by atoms with Crippen molar-refractivity contribution in [2.75, 3.05) is 25.0 Å². The van der Waals surface area contributed by atoms with Crippen LogP contribution in [0.15, 0.2) is 54.6 Å². The number of nitrogens with zero attached hydrogens (tertiary/aromatic N) is 1. The zero-order valence-electron chi connectivity index (χ0n) is 14.1. The van der Waals surface area contributed by atoms with Gasteiger partial charge in [-0.3, -0.25) is 4.79 Å². The van der Waals surface area contributed by atoms with Crippen LogP contribution in [-0.4, -0.2) is 35.5 Å². The van der Waals surface area contributed by atoms with E-state index in [2.05, 4.69) is 10.2 Å². The van der Waals surface area contributed by atoms with Crippen LogP contribution in [-0.2, 0) is 4.79 Å². The Kier molecular flexibility index (Phi) is 6.01. The molecule has 3 rings (SSSR count). The largest absolute Gasteiger partial charge is 0.484 e. The van der Waals surface area contributed by atoms with Gasteiger partial charge < -0.3 is 15.0 Å². The van der Waals surface area contributed by atoms with Crippen LogP contribution in [0, 0.1) is 0 Å². The fourth-order valence-corrected chi connectivity index (χ4v) is 3.16. The molecule has 0 unspecified atom stereocenters. The van der Waals surface area contributed by atoms with Crippen molar-refractivity contribution in [1.82, 2.24) is 4.90 Å². The molecule has 4 nitrogen and oxygen atoms in total. The van der Waals surface area contributed by atoms with Crippen LogP contribution in [0.2, 0.25) is 0 Å². The minimum atomic E-state index is -0.181. The maximum Gasteiger partial charge on any atom is 0.262 e. The molecule has 1 fully saturated rings. The summed E-state index contributed by atoms with van der Waals surface area (Å²) >= 11 is 5.58. The lowest BCUT2D eigenvalue weighted by Crippen LogP contribution is -2.34. The van der Waals surface area contributed by atoms with E-state index in [1.807, 2.05) is 54.6 Å². The van der Waals surface area contributed by atoms with Crippen molar-refractivity contribution in [2.45, 2.75) is 19.3 Å². The number of hydrogen-bond donors (Lipinski definition) is 1. The first-order valence-corrected chi connectivity index (χ1v) is 9.00. The third kappa shape index (κ3) is 5.03. The number of piperidine rings is 1. The van der Waals surface area contributed by atoms with Gasteiger partial charge in [-0.25, -0.2) is 0 Å². The summed E-state index contributed by atoms with van der Waals surface area (Å²) < 4.78 is 5.55. The molecule has 0 saturated carbocycles. The zero-order valence-corrected chi connectivity index (χ0v) is 14.9. The summed E-state index contributed by atoms with van der Waals surface area (Å²) in [7, 11) is 0. The third-order valence-electron chi connectivity index (χ3n) is 4.17. The summed E-state index contributed by atoms with van der Waals surface area (Å²) in [6, 6.07) is 17.0. The van der Waals surface area contributed by atoms with Crippen molar-refractivity contribution in [3.05, 3.63) is 60.2 Å². The van der Waals surface area contributed by atoms with Gasteiger partial charge in [0.25, 0.3) is 5.91 Å². The predicted molar refractivity (Wildman–Crippen MR) is 104 cm³/mol. The van der Waals surface area contributed by atoms with E-state index in [1.54, 1.807) is 0 Å². The van der Waals surface area contributed by atoms with Gasteiger partial charge >= 0.3 is 0 Å². The van der Waals surface area contributed by atoms with Gasteiger partial charge in [-0.2, -0.15) is 0 Å². The first kappa shape index (κ1) is 17.4. The Morgan fingerprint density at radius 1 is 1.00 bits per heavy atom. The Bertz CT molecular complexity index is 710. The van der Waals surface area contributed by atoms with Crippen molar-refractivity contribution in [3.63, 3.8) is 0 Å². The monoisotopic (exact) mass is 354 g/mol.